The third kappa shape index (κ3) is 5.18. The van der Waals surface area contributed by atoms with Crippen LogP contribution >= 0.6 is 0 Å². The predicted octanol–water partition coefficient (Wildman–Crippen LogP) is 1.54. The first-order valence-electron chi connectivity index (χ1n) is 6.61. The van der Waals surface area contributed by atoms with Crippen LogP contribution < -0.4 is 0 Å². The van der Waals surface area contributed by atoms with E-state index in [1.807, 2.05) is 32.9 Å². The van der Waals surface area contributed by atoms with Crippen LogP contribution in [0.15, 0.2) is 29.4 Å². The Labute approximate surface area is 125 Å². The summed E-state index contributed by atoms with van der Waals surface area (Å²) in [6.07, 6.45) is 0.880. The van der Waals surface area contributed by atoms with E-state index in [1.165, 1.54) is 0 Å². The lowest BCUT2D eigenvalue weighted by Crippen LogP contribution is -2.37. The number of carbonyl (C=O) groups excluding carboxylic acids is 1. The molecule has 1 aromatic rings. The molecule has 0 aliphatic carbocycles. The van der Waals surface area contributed by atoms with E-state index in [1.54, 1.807) is 17.0 Å². The zero-order chi connectivity index (χ0) is 16.0. The van der Waals surface area contributed by atoms with Gasteiger partial charge in [-0.3, -0.25) is 9.08 Å². The first kappa shape index (κ1) is 17.2. The molecule has 1 amide bonds. The molecule has 0 atom stereocenters. The zero-order valence-electron chi connectivity index (χ0n) is 12.7. The van der Waals surface area contributed by atoms with Gasteiger partial charge < -0.3 is 4.90 Å². The topological polar surface area (TPSA) is 76.0 Å². The van der Waals surface area contributed by atoms with Gasteiger partial charge in [-0.2, -0.15) is 8.42 Å². The largest absolute Gasteiger partial charge is 0.338 e. The van der Waals surface area contributed by atoms with Crippen molar-refractivity contribution >= 4 is 21.7 Å². The number of rotatable bonds is 6. The Hall–Kier alpha value is -1.89. The monoisotopic (exact) mass is 312 g/mol. The van der Waals surface area contributed by atoms with Crippen molar-refractivity contribution in [1.29, 1.82) is 0 Å². The van der Waals surface area contributed by atoms with Crippen molar-refractivity contribution in [2.45, 2.75) is 20.8 Å². The first-order chi connectivity index (χ1) is 9.78. The fourth-order valence-electron chi connectivity index (χ4n) is 1.69. The fraction of sp³-hybridized carbons (Fsp3) is 0.429. The lowest BCUT2D eigenvalue weighted by molar-refractivity contribution is -0.123. The molecule has 7 heteroatoms. The number of likely N-dealkylation sites (N-methyl/N-ethyl adjacent to an activating group) is 1. The van der Waals surface area contributed by atoms with Crippen molar-refractivity contribution in [3.05, 3.63) is 35.4 Å². The van der Waals surface area contributed by atoms with Crippen LogP contribution in [-0.2, 0) is 19.2 Å². The molecule has 0 aromatic heterocycles. The lowest BCUT2D eigenvalue weighted by atomic mass is 10.1. The Morgan fingerprint density at radius 3 is 2.14 bits per heavy atom. The van der Waals surface area contributed by atoms with Crippen LogP contribution in [0.2, 0.25) is 0 Å². The highest BCUT2D eigenvalue weighted by atomic mass is 32.2. The van der Waals surface area contributed by atoms with Gasteiger partial charge in [-0.05, 0) is 20.8 Å². The van der Waals surface area contributed by atoms with Crippen LogP contribution in [-0.4, -0.2) is 44.3 Å². The van der Waals surface area contributed by atoms with Gasteiger partial charge in [-0.1, -0.05) is 35.0 Å². The maximum Gasteiger partial charge on any atom is 0.325 e. The van der Waals surface area contributed by atoms with Gasteiger partial charge in [0.15, 0.2) is 5.71 Å². The van der Waals surface area contributed by atoms with Crippen molar-refractivity contribution in [3.63, 3.8) is 0 Å². The molecule has 0 heterocycles. The summed E-state index contributed by atoms with van der Waals surface area (Å²) in [5, 5.41) is 3.55. The molecule has 0 unspecified atom stereocenters. The molecule has 1 aromatic carbocycles. The predicted molar refractivity (Wildman–Crippen MR) is 81.6 cm³/mol. The second kappa shape index (κ2) is 7.21. The van der Waals surface area contributed by atoms with Crippen molar-refractivity contribution < 1.29 is 17.5 Å². The lowest BCUT2D eigenvalue weighted by Gasteiger charge is -2.19. The quantitative estimate of drug-likeness (QED) is 0.590. The SMILES string of the molecule is CCN(CC)C(=O)C(=NOS(C)(=O)=O)c1ccc(C)cc1. The van der Waals surface area contributed by atoms with Crippen LogP contribution in [0.25, 0.3) is 0 Å². The van der Waals surface area contributed by atoms with Gasteiger partial charge >= 0.3 is 10.1 Å². The van der Waals surface area contributed by atoms with E-state index in [0.717, 1.165) is 11.8 Å². The molecule has 0 bridgehead atoms. The summed E-state index contributed by atoms with van der Waals surface area (Å²) < 4.78 is 26.6. The number of amides is 1. The van der Waals surface area contributed by atoms with Gasteiger partial charge in [-0.15, -0.1) is 0 Å². The molecular weight excluding hydrogens is 292 g/mol. The van der Waals surface area contributed by atoms with E-state index in [4.69, 9.17) is 0 Å². The van der Waals surface area contributed by atoms with Crippen molar-refractivity contribution in [1.82, 2.24) is 4.90 Å². The van der Waals surface area contributed by atoms with Crippen LogP contribution in [0.3, 0.4) is 0 Å². The Morgan fingerprint density at radius 2 is 1.71 bits per heavy atom. The highest BCUT2D eigenvalue weighted by molar-refractivity contribution is 7.85. The molecule has 0 radical (unpaired) electrons. The first-order valence-corrected chi connectivity index (χ1v) is 8.43. The molecule has 0 aliphatic heterocycles. The summed E-state index contributed by atoms with van der Waals surface area (Å²) >= 11 is 0. The molecular formula is C14H20N2O4S. The maximum absolute atomic E-state index is 12.4. The van der Waals surface area contributed by atoms with Gasteiger partial charge in [0.1, 0.15) is 0 Å². The normalized spacial score (nSPS) is 12.1. The Kier molecular flexibility index (Phi) is 5.90. The van der Waals surface area contributed by atoms with Gasteiger partial charge in [0.2, 0.25) is 0 Å². The van der Waals surface area contributed by atoms with Gasteiger partial charge in [0.05, 0.1) is 6.26 Å². The second-order valence-electron chi connectivity index (χ2n) is 4.56. The minimum atomic E-state index is -3.77. The smallest absolute Gasteiger partial charge is 0.325 e. The summed E-state index contributed by atoms with van der Waals surface area (Å²) in [4.78, 5) is 14.0. The summed E-state index contributed by atoms with van der Waals surface area (Å²) in [6.45, 7) is 6.59. The molecule has 0 fully saturated rings. The van der Waals surface area contributed by atoms with E-state index < -0.39 is 10.1 Å². The minimum absolute atomic E-state index is 0.0240. The van der Waals surface area contributed by atoms with Crippen LogP contribution in [0, 0.1) is 6.92 Å². The fourth-order valence-corrected chi connectivity index (χ4v) is 1.90. The van der Waals surface area contributed by atoms with Gasteiger partial charge in [0, 0.05) is 18.7 Å². The van der Waals surface area contributed by atoms with E-state index >= 15 is 0 Å². The number of benzene rings is 1. The summed E-state index contributed by atoms with van der Waals surface area (Å²) in [6, 6.07) is 7.06. The molecule has 0 saturated carbocycles. The molecule has 0 spiro atoms. The van der Waals surface area contributed by atoms with E-state index in [9.17, 15) is 13.2 Å². The van der Waals surface area contributed by atoms with E-state index in [0.29, 0.717) is 18.7 Å². The number of nitrogens with zero attached hydrogens (tertiary/aromatic N) is 2. The zero-order valence-corrected chi connectivity index (χ0v) is 13.5. The van der Waals surface area contributed by atoms with Crippen LogP contribution in [0.5, 0.6) is 0 Å². The van der Waals surface area contributed by atoms with Gasteiger partial charge in [-0.25, -0.2) is 0 Å². The van der Waals surface area contributed by atoms with E-state index in [2.05, 4.69) is 9.44 Å². The third-order valence-electron chi connectivity index (χ3n) is 2.84. The van der Waals surface area contributed by atoms with E-state index in [-0.39, 0.29) is 11.6 Å². The maximum atomic E-state index is 12.4. The number of aryl methyl sites for hydroxylation is 1. The number of hydrogen-bond donors (Lipinski definition) is 0. The molecule has 21 heavy (non-hydrogen) atoms. The molecule has 116 valence electrons. The van der Waals surface area contributed by atoms with Crippen molar-refractivity contribution in [2.24, 2.45) is 5.16 Å². The summed E-state index contributed by atoms with van der Waals surface area (Å²) in [5.41, 5.74) is 1.52. The number of oxime groups is 1. The number of hydrogen-bond acceptors (Lipinski definition) is 5. The Morgan fingerprint density at radius 1 is 1.19 bits per heavy atom. The highest BCUT2D eigenvalue weighted by Gasteiger charge is 2.21. The molecule has 6 nitrogen and oxygen atoms in total. The Bertz CT molecular complexity index is 617. The minimum Gasteiger partial charge on any atom is -0.338 e. The van der Waals surface area contributed by atoms with Crippen molar-refractivity contribution in [2.75, 3.05) is 19.3 Å². The highest BCUT2D eigenvalue weighted by Crippen LogP contribution is 2.09. The average Bonchev–Trinajstić information content (AvgIpc) is 2.41. The summed E-state index contributed by atoms with van der Waals surface area (Å²) in [5.74, 6) is -0.368. The van der Waals surface area contributed by atoms with Gasteiger partial charge in [0.25, 0.3) is 5.91 Å². The third-order valence-corrected chi connectivity index (χ3v) is 3.19. The molecule has 0 saturated heterocycles. The average molecular weight is 312 g/mol. The Balaban J connectivity index is 3.23. The molecule has 0 N–H and O–H groups in total. The summed E-state index contributed by atoms with van der Waals surface area (Å²) in [7, 11) is -3.77. The second-order valence-corrected chi connectivity index (χ2v) is 6.12. The van der Waals surface area contributed by atoms with Crippen molar-refractivity contribution in [3.8, 4) is 0 Å². The standard InChI is InChI=1S/C14H20N2O4S/c1-5-16(6-2)14(17)13(15-20-21(4,18)19)12-9-7-11(3)8-10-12/h7-10H,5-6H2,1-4H3. The van der Waals surface area contributed by atoms with Crippen LogP contribution in [0.1, 0.15) is 25.0 Å². The molecule has 0 aliphatic rings. The van der Waals surface area contributed by atoms with Crippen LogP contribution in [0.4, 0.5) is 0 Å². The number of carbonyl (C=O) groups is 1. The molecule has 1 rings (SSSR count).